The average molecular weight is 258 g/mol. The molecule has 0 amide bonds. The molecule has 3 N–H and O–H groups in total. The number of nitrogens with one attached hydrogen (secondary N) is 3. The molecular formula is C10H18N4O2S. The third kappa shape index (κ3) is 2.36. The van der Waals surface area contributed by atoms with Crippen molar-refractivity contribution in [3.8, 4) is 0 Å². The average Bonchev–Trinajstić information content (AvgIpc) is 2.73. The third-order valence-electron chi connectivity index (χ3n) is 3.08. The quantitative estimate of drug-likeness (QED) is 0.715. The van der Waals surface area contributed by atoms with Crippen molar-refractivity contribution in [3.05, 3.63) is 11.4 Å². The maximum atomic E-state index is 12.3. The molecule has 17 heavy (non-hydrogen) atoms. The van der Waals surface area contributed by atoms with Crippen molar-refractivity contribution >= 4 is 10.0 Å². The van der Waals surface area contributed by atoms with Gasteiger partial charge in [0.15, 0.2) is 0 Å². The van der Waals surface area contributed by atoms with Gasteiger partial charge in [0, 0.05) is 12.1 Å². The number of rotatable bonds is 3. The Labute approximate surface area is 101 Å². The van der Waals surface area contributed by atoms with E-state index in [1.54, 1.807) is 13.8 Å². The Hall–Kier alpha value is -0.920. The molecule has 1 aliphatic heterocycles. The van der Waals surface area contributed by atoms with Crippen molar-refractivity contribution in [2.24, 2.45) is 0 Å². The second-order valence-corrected chi connectivity index (χ2v) is 6.48. The predicted octanol–water partition coefficient (Wildman–Crippen LogP) is 0.0568. The standard InChI is InChI=1S/C10H18N4O2S/c1-7-9(8(2)13-12-7)17(15,16)14-10(3)4-5-11-6-10/h11,14H,4-6H2,1-3H3,(H,12,13). The van der Waals surface area contributed by atoms with Gasteiger partial charge in [-0.25, -0.2) is 13.1 Å². The predicted molar refractivity (Wildman–Crippen MR) is 64.3 cm³/mol. The van der Waals surface area contributed by atoms with Crippen LogP contribution in [0.15, 0.2) is 4.90 Å². The number of H-pyrrole nitrogens is 1. The van der Waals surface area contributed by atoms with Gasteiger partial charge in [0.05, 0.1) is 11.4 Å². The van der Waals surface area contributed by atoms with Crippen LogP contribution in [0.3, 0.4) is 0 Å². The zero-order valence-electron chi connectivity index (χ0n) is 10.3. The van der Waals surface area contributed by atoms with Crippen LogP contribution in [0.5, 0.6) is 0 Å². The van der Waals surface area contributed by atoms with Crippen LogP contribution in [0, 0.1) is 13.8 Å². The van der Waals surface area contributed by atoms with Crippen molar-refractivity contribution in [1.82, 2.24) is 20.2 Å². The monoisotopic (exact) mass is 258 g/mol. The molecule has 1 atom stereocenters. The molecule has 1 saturated heterocycles. The first-order valence-corrected chi connectivity index (χ1v) is 7.09. The fraction of sp³-hybridized carbons (Fsp3) is 0.700. The summed E-state index contributed by atoms with van der Waals surface area (Å²) in [7, 11) is -3.50. The minimum atomic E-state index is -3.50. The van der Waals surface area contributed by atoms with Crippen molar-refractivity contribution in [2.75, 3.05) is 13.1 Å². The highest BCUT2D eigenvalue weighted by atomic mass is 32.2. The molecular weight excluding hydrogens is 240 g/mol. The number of aryl methyl sites for hydroxylation is 2. The number of hydrogen-bond donors (Lipinski definition) is 3. The normalized spacial score (nSPS) is 25.4. The molecule has 1 fully saturated rings. The van der Waals surface area contributed by atoms with Gasteiger partial charge in [-0.15, -0.1) is 0 Å². The van der Waals surface area contributed by atoms with Gasteiger partial charge in [-0.2, -0.15) is 5.10 Å². The summed E-state index contributed by atoms with van der Waals surface area (Å²) in [5.74, 6) is 0. The summed E-state index contributed by atoms with van der Waals surface area (Å²) in [5, 5.41) is 9.78. The maximum Gasteiger partial charge on any atom is 0.244 e. The molecule has 7 heteroatoms. The van der Waals surface area contributed by atoms with Gasteiger partial charge in [0.2, 0.25) is 10.0 Å². The largest absolute Gasteiger partial charge is 0.315 e. The van der Waals surface area contributed by atoms with E-state index in [2.05, 4.69) is 20.2 Å². The SMILES string of the molecule is Cc1n[nH]c(C)c1S(=O)(=O)NC1(C)CCNC1. The second kappa shape index (κ2) is 4.08. The van der Waals surface area contributed by atoms with Gasteiger partial charge in [-0.1, -0.05) is 0 Å². The number of aromatic amines is 1. The molecule has 96 valence electrons. The summed E-state index contributed by atoms with van der Waals surface area (Å²) in [5.41, 5.74) is 0.670. The Balaban J connectivity index is 2.31. The summed E-state index contributed by atoms with van der Waals surface area (Å²) < 4.78 is 27.4. The lowest BCUT2D eigenvalue weighted by Crippen LogP contribution is -2.47. The Morgan fingerprint density at radius 2 is 2.12 bits per heavy atom. The first-order chi connectivity index (χ1) is 7.84. The van der Waals surface area contributed by atoms with E-state index >= 15 is 0 Å². The minimum Gasteiger partial charge on any atom is -0.315 e. The smallest absolute Gasteiger partial charge is 0.244 e. The van der Waals surface area contributed by atoms with E-state index in [-0.39, 0.29) is 4.90 Å². The molecule has 0 spiro atoms. The fourth-order valence-electron chi connectivity index (χ4n) is 2.22. The van der Waals surface area contributed by atoms with Crippen LogP contribution < -0.4 is 10.0 Å². The second-order valence-electron chi connectivity index (χ2n) is 4.86. The molecule has 0 aliphatic carbocycles. The first kappa shape index (κ1) is 12.5. The van der Waals surface area contributed by atoms with Crippen molar-refractivity contribution in [3.63, 3.8) is 0 Å². The molecule has 0 radical (unpaired) electrons. The van der Waals surface area contributed by atoms with E-state index in [0.717, 1.165) is 13.0 Å². The van der Waals surface area contributed by atoms with Crippen molar-refractivity contribution in [1.29, 1.82) is 0 Å². The van der Waals surface area contributed by atoms with E-state index in [1.807, 2.05) is 6.92 Å². The molecule has 1 aliphatic rings. The highest BCUT2D eigenvalue weighted by molar-refractivity contribution is 7.89. The lowest BCUT2D eigenvalue weighted by Gasteiger charge is -2.24. The van der Waals surface area contributed by atoms with E-state index in [0.29, 0.717) is 17.9 Å². The molecule has 0 aromatic carbocycles. The molecule has 0 saturated carbocycles. The Kier molecular flexibility index (Phi) is 3.01. The van der Waals surface area contributed by atoms with E-state index < -0.39 is 15.6 Å². The third-order valence-corrected chi connectivity index (χ3v) is 4.98. The van der Waals surface area contributed by atoms with E-state index in [9.17, 15) is 8.42 Å². The molecule has 1 unspecified atom stereocenters. The van der Waals surface area contributed by atoms with Crippen LogP contribution in [0.2, 0.25) is 0 Å². The molecule has 1 aromatic heterocycles. The lowest BCUT2D eigenvalue weighted by atomic mass is 10.0. The zero-order valence-corrected chi connectivity index (χ0v) is 11.1. The first-order valence-electron chi connectivity index (χ1n) is 5.60. The maximum absolute atomic E-state index is 12.3. The molecule has 2 rings (SSSR count). The van der Waals surface area contributed by atoms with E-state index in [4.69, 9.17) is 0 Å². The highest BCUT2D eigenvalue weighted by Crippen LogP contribution is 2.21. The van der Waals surface area contributed by atoms with Crippen LogP contribution in [-0.2, 0) is 10.0 Å². The van der Waals surface area contributed by atoms with Gasteiger partial charge in [-0.05, 0) is 33.7 Å². The molecule has 6 nitrogen and oxygen atoms in total. The zero-order chi connectivity index (χ0) is 12.7. The number of nitrogens with zero attached hydrogens (tertiary/aromatic N) is 1. The summed E-state index contributed by atoms with van der Waals surface area (Å²) in [6.45, 7) is 6.80. The van der Waals surface area contributed by atoms with Gasteiger partial charge in [0.1, 0.15) is 4.90 Å². The summed E-state index contributed by atoms with van der Waals surface area (Å²) >= 11 is 0. The Morgan fingerprint density at radius 3 is 2.59 bits per heavy atom. The number of sulfonamides is 1. The van der Waals surface area contributed by atoms with Crippen LogP contribution in [0.4, 0.5) is 0 Å². The summed E-state index contributed by atoms with van der Waals surface area (Å²) in [6, 6.07) is 0. The van der Waals surface area contributed by atoms with Crippen molar-refractivity contribution in [2.45, 2.75) is 37.6 Å². The minimum absolute atomic E-state index is 0.269. The Morgan fingerprint density at radius 1 is 1.41 bits per heavy atom. The van der Waals surface area contributed by atoms with Gasteiger partial charge in [0.25, 0.3) is 0 Å². The lowest BCUT2D eigenvalue weighted by molar-refractivity contribution is 0.451. The topological polar surface area (TPSA) is 86.9 Å². The molecule has 0 bridgehead atoms. The fourth-order valence-corrected chi connectivity index (χ4v) is 4.02. The van der Waals surface area contributed by atoms with Crippen LogP contribution in [-0.4, -0.2) is 37.2 Å². The molecule has 2 heterocycles. The van der Waals surface area contributed by atoms with E-state index in [1.165, 1.54) is 0 Å². The van der Waals surface area contributed by atoms with Crippen LogP contribution in [0.1, 0.15) is 24.7 Å². The summed E-state index contributed by atoms with van der Waals surface area (Å²) in [6.07, 6.45) is 0.794. The van der Waals surface area contributed by atoms with Gasteiger partial charge < -0.3 is 5.32 Å². The highest BCUT2D eigenvalue weighted by Gasteiger charge is 2.35. The van der Waals surface area contributed by atoms with Crippen LogP contribution in [0.25, 0.3) is 0 Å². The Bertz CT molecular complexity index is 495. The van der Waals surface area contributed by atoms with Crippen LogP contribution >= 0.6 is 0 Å². The molecule has 1 aromatic rings. The number of hydrogen-bond acceptors (Lipinski definition) is 4. The summed E-state index contributed by atoms with van der Waals surface area (Å²) in [4.78, 5) is 0.269. The number of aromatic nitrogens is 2. The van der Waals surface area contributed by atoms with Gasteiger partial charge in [-0.3, -0.25) is 5.10 Å². The van der Waals surface area contributed by atoms with Gasteiger partial charge >= 0.3 is 0 Å². The van der Waals surface area contributed by atoms with Crippen molar-refractivity contribution < 1.29 is 8.42 Å².